The number of halogens is 2. The van der Waals surface area contributed by atoms with E-state index in [2.05, 4.69) is 5.32 Å². The van der Waals surface area contributed by atoms with Gasteiger partial charge in [0.2, 0.25) is 5.91 Å². The molecule has 0 heterocycles. The van der Waals surface area contributed by atoms with Crippen LogP contribution >= 0.6 is 0 Å². The molecule has 0 aliphatic rings. The fourth-order valence-corrected chi connectivity index (χ4v) is 2.21. The van der Waals surface area contributed by atoms with E-state index in [9.17, 15) is 18.4 Å². The summed E-state index contributed by atoms with van der Waals surface area (Å²) in [6.07, 6.45) is 0. The SMILES string of the molecule is CCN(CC(=O)Nc1c(F)cccc1F)C(=O)COc1ccc(C#N)cc1. The van der Waals surface area contributed by atoms with E-state index in [1.807, 2.05) is 6.07 Å². The van der Waals surface area contributed by atoms with Crippen LogP contribution < -0.4 is 10.1 Å². The number of nitrogens with one attached hydrogen (secondary N) is 1. The molecule has 2 aromatic rings. The summed E-state index contributed by atoms with van der Waals surface area (Å²) in [5, 5.41) is 10.9. The molecule has 2 aromatic carbocycles. The Bertz CT molecular complexity index is 843. The van der Waals surface area contributed by atoms with Gasteiger partial charge in [-0.05, 0) is 43.3 Å². The van der Waals surface area contributed by atoms with E-state index in [1.54, 1.807) is 31.2 Å². The van der Waals surface area contributed by atoms with Gasteiger partial charge >= 0.3 is 0 Å². The van der Waals surface area contributed by atoms with Crippen molar-refractivity contribution in [1.82, 2.24) is 4.90 Å². The Balaban J connectivity index is 1.92. The van der Waals surface area contributed by atoms with Crippen LogP contribution in [0.4, 0.5) is 14.5 Å². The topological polar surface area (TPSA) is 82.4 Å². The minimum atomic E-state index is -0.901. The molecule has 0 saturated carbocycles. The number of nitriles is 1. The largest absolute Gasteiger partial charge is 0.484 e. The zero-order valence-corrected chi connectivity index (χ0v) is 14.5. The first-order valence-corrected chi connectivity index (χ1v) is 8.09. The van der Waals surface area contributed by atoms with Gasteiger partial charge in [0, 0.05) is 6.54 Å². The molecule has 0 aromatic heterocycles. The molecule has 0 unspecified atom stereocenters. The van der Waals surface area contributed by atoms with E-state index in [0.29, 0.717) is 11.3 Å². The molecule has 6 nitrogen and oxygen atoms in total. The van der Waals surface area contributed by atoms with Gasteiger partial charge in [0.15, 0.2) is 6.61 Å². The predicted octanol–water partition coefficient (Wildman–Crippen LogP) is 2.70. The first-order valence-electron chi connectivity index (χ1n) is 8.09. The fourth-order valence-electron chi connectivity index (χ4n) is 2.21. The lowest BCUT2D eigenvalue weighted by molar-refractivity contribution is -0.136. The van der Waals surface area contributed by atoms with Crippen LogP contribution in [0.2, 0.25) is 0 Å². The molecule has 27 heavy (non-hydrogen) atoms. The zero-order valence-electron chi connectivity index (χ0n) is 14.5. The van der Waals surface area contributed by atoms with Crippen molar-refractivity contribution >= 4 is 17.5 Å². The van der Waals surface area contributed by atoms with Crippen LogP contribution in [0.1, 0.15) is 12.5 Å². The van der Waals surface area contributed by atoms with Gasteiger partial charge < -0.3 is 15.0 Å². The molecule has 140 valence electrons. The fraction of sp³-hybridized carbons (Fsp3) is 0.211. The van der Waals surface area contributed by atoms with Crippen LogP contribution in [0, 0.1) is 23.0 Å². The maximum absolute atomic E-state index is 13.6. The van der Waals surface area contributed by atoms with E-state index < -0.39 is 29.1 Å². The molecule has 0 radical (unpaired) electrons. The van der Waals surface area contributed by atoms with E-state index >= 15 is 0 Å². The van der Waals surface area contributed by atoms with Gasteiger partial charge in [0.05, 0.1) is 18.2 Å². The van der Waals surface area contributed by atoms with Gasteiger partial charge in [-0.25, -0.2) is 8.78 Å². The van der Waals surface area contributed by atoms with Gasteiger partial charge in [-0.3, -0.25) is 9.59 Å². The normalized spacial score (nSPS) is 10.0. The molecular formula is C19H17F2N3O3. The van der Waals surface area contributed by atoms with E-state index in [0.717, 1.165) is 12.1 Å². The second kappa shape index (κ2) is 9.29. The van der Waals surface area contributed by atoms with Crippen LogP contribution in [0.25, 0.3) is 0 Å². The molecule has 8 heteroatoms. The second-order valence-electron chi connectivity index (χ2n) is 5.48. The number of hydrogen-bond acceptors (Lipinski definition) is 4. The van der Waals surface area contributed by atoms with Crippen LogP contribution in [-0.2, 0) is 9.59 Å². The lowest BCUT2D eigenvalue weighted by Crippen LogP contribution is -2.40. The second-order valence-corrected chi connectivity index (χ2v) is 5.48. The number of likely N-dealkylation sites (N-methyl/N-ethyl adjacent to an activating group) is 1. The standard InChI is InChI=1S/C19H17F2N3O3/c1-2-24(11-17(25)23-19-15(20)4-3-5-16(19)21)18(26)12-27-14-8-6-13(10-22)7-9-14/h3-9H,2,11-12H2,1H3,(H,23,25). The van der Waals surface area contributed by atoms with Crippen molar-refractivity contribution in [2.24, 2.45) is 0 Å². The average molecular weight is 373 g/mol. The number of para-hydroxylation sites is 1. The van der Waals surface area contributed by atoms with E-state index in [1.165, 1.54) is 11.0 Å². The van der Waals surface area contributed by atoms with Crippen LogP contribution in [0.3, 0.4) is 0 Å². The van der Waals surface area contributed by atoms with Crippen molar-refractivity contribution < 1.29 is 23.1 Å². The molecule has 2 rings (SSSR count). The quantitative estimate of drug-likeness (QED) is 0.809. The highest BCUT2D eigenvalue weighted by atomic mass is 19.1. The summed E-state index contributed by atoms with van der Waals surface area (Å²) in [7, 11) is 0. The molecule has 0 atom stereocenters. The third kappa shape index (κ3) is 5.51. The van der Waals surface area contributed by atoms with E-state index in [4.69, 9.17) is 10.00 Å². The maximum Gasteiger partial charge on any atom is 0.260 e. The monoisotopic (exact) mass is 373 g/mol. The van der Waals surface area contributed by atoms with E-state index in [-0.39, 0.29) is 19.7 Å². The first-order chi connectivity index (χ1) is 12.9. The lowest BCUT2D eigenvalue weighted by atomic mass is 10.2. The predicted molar refractivity (Wildman–Crippen MR) is 93.9 cm³/mol. The van der Waals surface area contributed by atoms with Crippen molar-refractivity contribution in [2.75, 3.05) is 25.0 Å². The molecule has 0 fully saturated rings. The third-order valence-electron chi connectivity index (χ3n) is 3.64. The molecule has 0 aliphatic carbocycles. The number of ether oxygens (including phenoxy) is 1. The third-order valence-corrected chi connectivity index (χ3v) is 3.64. The summed E-state index contributed by atoms with van der Waals surface area (Å²) in [5.41, 5.74) is -0.0965. The number of rotatable bonds is 7. The number of nitrogens with zero attached hydrogens (tertiary/aromatic N) is 2. The minimum Gasteiger partial charge on any atom is -0.484 e. The number of carbonyl (C=O) groups is 2. The van der Waals surface area contributed by atoms with Crippen molar-refractivity contribution in [1.29, 1.82) is 5.26 Å². The first kappa shape index (κ1) is 19.8. The van der Waals surface area contributed by atoms with Crippen molar-refractivity contribution in [3.63, 3.8) is 0 Å². The highest BCUT2D eigenvalue weighted by molar-refractivity contribution is 5.94. The highest BCUT2D eigenvalue weighted by Gasteiger charge is 2.18. The van der Waals surface area contributed by atoms with Crippen LogP contribution in [-0.4, -0.2) is 36.4 Å². The molecule has 0 spiro atoms. The Morgan fingerprint density at radius 1 is 1.15 bits per heavy atom. The average Bonchev–Trinajstić information content (AvgIpc) is 2.67. The highest BCUT2D eigenvalue weighted by Crippen LogP contribution is 2.18. The number of carbonyl (C=O) groups excluding carboxylic acids is 2. The Kier molecular flexibility index (Phi) is 6.83. The molecule has 1 N–H and O–H groups in total. The van der Waals surface area contributed by atoms with Crippen molar-refractivity contribution in [2.45, 2.75) is 6.92 Å². The van der Waals surface area contributed by atoms with Crippen LogP contribution in [0.15, 0.2) is 42.5 Å². The van der Waals surface area contributed by atoms with Crippen LogP contribution in [0.5, 0.6) is 5.75 Å². The number of benzene rings is 2. The molecule has 0 saturated heterocycles. The summed E-state index contributed by atoms with van der Waals surface area (Å²) < 4.78 is 32.5. The smallest absolute Gasteiger partial charge is 0.260 e. The maximum atomic E-state index is 13.6. The summed E-state index contributed by atoms with van der Waals surface area (Å²) in [4.78, 5) is 25.4. The minimum absolute atomic E-state index is 0.211. The molecule has 0 aliphatic heterocycles. The summed E-state index contributed by atoms with van der Waals surface area (Å²) in [6.45, 7) is 1.18. The van der Waals surface area contributed by atoms with Gasteiger partial charge in [-0.1, -0.05) is 6.07 Å². The van der Waals surface area contributed by atoms with Gasteiger partial charge in [-0.15, -0.1) is 0 Å². The number of amides is 2. The Morgan fingerprint density at radius 3 is 2.33 bits per heavy atom. The van der Waals surface area contributed by atoms with Crippen molar-refractivity contribution in [3.8, 4) is 11.8 Å². The lowest BCUT2D eigenvalue weighted by Gasteiger charge is -2.20. The Hall–Kier alpha value is -3.47. The Labute approximate surface area is 155 Å². The number of anilines is 1. The molecule has 0 bridgehead atoms. The van der Waals surface area contributed by atoms with Gasteiger partial charge in [0.1, 0.15) is 23.1 Å². The molecule has 2 amide bonds. The van der Waals surface area contributed by atoms with Gasteiger partial charge in [-0.2, -0.15) is 5.26 Å². The number of hydrogen-bond donors (Lipinski definition) is 1. The summed E-state index contributed by atoms with van der Waals surface area (Å²) >= 11 is 0. The summed E-state index contributed by atoms with van der Waals surface area (Å²) in [6, 6.07) is 11.4. The Morgan fingerprint density at radius 2 is 1.78 bits per heavy atom. The zero-order chi connectivity index (χ0) is 19.8. The van der Waals surface area contributed by atoms with Crippen molar-refractivity contribution in [3.05, 3.63) is 59.7 Å². The summed E-state index contributed by atoms with van der Waals surface area (Å²) in [5.74, 6) is -2.60. The molecular weight excluding hydrogens is 356 g/mol. The van der Waals surface area contributed by atoms with Gasteiger partial charge in [0.25, 0.3) is 5.91 Å².